The van der Waals surface area contributed by atoms with Gasteiger partial charge in [-0.15, -0.1) is 11.3 Å². The Morgan fingerprint density at radius 2 is 2.57 bits per heavy atom. The molecule has 1 aliphatic rings. The molecule has 1 N–H and O–H groups in total. The van der Waals surface area contributed by atoms with Crippen molar-refractivity contribution in [1.82, 2.24) is 9.88 Å². The maximum absolute atomic E-state index is 9.57. The second kappa shape index (κ2) is 4.38. The van der Waals surface area contributed by atoms with Crippen molar-refractivity contribution in [2.24, 2.45) is 0 Å². The SMILES string of the molecule is CC(c1nccs1)N1CCCC(O)C1. The van der Waals surface area contributed by atoms with Gasteiger partial charge in [-0.1, -0.05) is 0 Å². The third-order valence-electron chi connectivity index (χ3n) is 2.78. The molecule has 14 heavy (non-hydrogen) atoms. The maximum atomic E-state index is 9.57. The Labute approximate surface area is 88.4 Å². The number of β-amino-alcohol motifs (C(OH)–C–C–N with tert-alkyl or cyclic N) is 1. The maximum Gasteiger partial charge on any atom is 0.109 e. The summed E-state index contributed by atoms with van der Waals surface area (Å²) in [6, 6.07) is 0.352. The molecule has 2 atom stereocenters. The second-order valence-electron chi connectivity index (χ2n) is 3.84. The number of aliphatic hydroxyl groups excluding tert-OH is 1. The summed E-state index contributed by atoms with van der Waals surface area (Å²) in [6.45, 7) is 4.04. The molecule has 2 unspecified atom stereocenters. The number of aliphatic hydroxyl groups is 1. The molecule has 0 amide bonds. The number of hydrogen-bond donors (Lipinski definition) is 1. The van der Waals surface area contributed by atoms with Crippen molar-refractivity contribution in [2.75, 3.05) is 13.1 Å². The molecule has 2 heterocycles. The van der Waals surface area contributed by atoms with Gasteiger partial charge in [0.05, 0.1) is 12.1 Å². The summed E-state index contributed by atoms with van der Waals surface area (Å²) in [4.78, 5) is 6.62. The average molecular weight is 212 g/mol. The Balaban J connectivity index is 2.00. The van der Waals surface area contributed by atoms with Crippen LogP contribution in [-0.2, 0) is 0 Å². The number of likely N-dealkylation sites (tertiary alicyclic amines) is 1. The van der Waals surface area contributed by atoms with Crippen LogP contribution in [0.2, 0.25) is 0 Å². The average Bonchev–Trinajstić information content (AvgIpc) is 2.69. The van der Waals surface area contributed by atoms with Crippen molar-refractivity contribution in [3.05, 3.63) is 16.6 Å². The molecule has 78 valence electrons. The van der Waals surface area contributed by atoms with E-state index in [0.29, 0.717) is 6.04 Å². The van der Waals surface area contributed by atoms with E-state index in [1.54, 1.807) is 11.3 Å². The fraction of sp³-hybridized carbons (Fsp3) is 0.700. The van der Waals surface area contributed by atoms with E-state index in [1.165, 1.54) is 0 Å². The largest absolute Gasteiger partial charge is 0.392 e. The van der Waals surface area contributed by atoms with Crippen LogP contribution >= 0.6 is 11.3 Å². The van der Waals surface area contributed by atoms with E-state index in [2.05, 4.69) is 16.8 Å². The molecule has 1 saturated heterocycles. The number of hydrogen-bond acceptors (Lipinski definition) is 4. The van der Waals surface area contributed by atoms with Crippen LogP contribution in [0.4, 0.5) is 0 Å². The molecule has 0 spiro atoms. The summed E-state index contributed by atoms with van der Waals surface area (Å²) in [5.41, 5.74) is 0. The first-order chi connectivity index (χ1) is 6.77. The minimum absolute atomic E-state index is 0.147. The number of nitrogens with zero attached hydrogens (tertiary/aromatic N) is 2. The smallest absolute Gasteiger partial charge is 0.109 e. The second-order valence-corrected chi connectivity index (χ2v) is 4.76. The van der Waals surface area contributed by atoms with Crippen LogP contribution in [0.25, 0.3) is 0 Å². The third kappa shape index (κ3) is 2.13. The summed E-state index contributed by atoms with van der Waals surface area (Å²) in [6.07, 6.45) is 3.74. The molecular weight excluding hydrogens is 196 g/mol. The van der Waals surface area contributed by atoms with Crippen LogP contribution in [0, 0.1) is 0 Å². The van der Waals surface area contributed by atoms with E-state index < -0.39 is 0 Å². The van der Waals surface area contributed by atoms with Gasteiger partial charge in [0.15, 0.2) is 0 Å². The molecular formula is C10H16N2OS. The Hall–Kier alpha value is -0.450. The number of aromatic nitrogens is 1. The molecule has 1 aromatic rings. The predicted octanol–water partition coefficient (Wildman–Crippen LogP) is 1.66. The number of rotatable bonds is 2. The van der Waals surface area contributed by atoms with Crippen LogP contribution in [0.1, 0.15) is 30.8 Å². The highest BCUT2D eigenvalue weighted by molar-refractivity contribution is 7.09. The molecule has 3 nitrogen and oxygen atoms in total. The molecule has 1 fully saturated rings. The van der Waals surface area contributed by atoms with Crippen molar-refractivity contribution in [3.8, 4) is 0 Å². The lowest BCUT2D eigenvalue weighted by atomic mass is 10.1. The van der Waals surface area contributed by atoms with Gasteiger partial charge in [0.25, 0.3) is 0 Å². The van der Waals surface area contributed by atoms with Gasteiger partial charge >= 0.3 is 0 Å². The lowest BCUT2D eigenvalue weighted by Gasteiger charge is -2.33. The fourth-order valence-electron chi connectivity index (χ4n) is 1.93. The van der Waals surface area contributed by atoms with Crippen molar-refractivity contribution < 1.29 is 5.11 Å². The molecule has 0 aromatic carbocycles. The van der Waals surface area contributed by atoms with Crippen molar-refractivity contribution in [3.63, 3.8) is 0 Å². The lowest BCUT2D eigenvalue weighted by Crippen LogP contribution is -2.39. The van der Waals surface area contributed by atoms with Crippen LogP contribution < -0.4 is 0 Å². The molecule has 0 aliphatic carbocycles. The fourth-order valence-corrected chi connectivity index (χ4v) is 2.66. The molecule has 1 aliphatic heterocycles. The van der Waals surface area contributed by atoms with Gasteiger partial charge < -0.3 is 5.11 Å². The molecule has 0 saturated carbocycles. The predicted molar refractivity (Wildman–Crippen MR) is 57.3 cm³/mol. The first-order valence-corrected chi connectivity index (χ1v) is 5.97. The summed E-state index contributed by atoms with van der Waals surface area (Å²) >= 11 is 1.69. The molecule has 0 bridgehead atoms. The van der Waals surface area contributed by atoms with Gasteiger partial charge in [0.2, 0.25) is 0 Å². The van der Waals surface area contributed by atoms with Gasteiger partial charge in [-0.05, 0) is 26.3 Å². The third-order valence-corrected chi connectivity index (χ3v) is 3.73. The van der Waals surface area contributed by atoms with E-state index in [-0.39, 0.29) is 6.10 Å². The van der Waals surface area contributed by atoms with Crippen LogP contribution in [0.15, 0.2) is 11.6 Å². The van der Waals surface area contributed by atoms with E-state index in [4.69, 9.17) is 0 Å². The normalized spacial score (nSPS) is 26.3. The van der Waals surface area contributed by atoms with Crippen LogP contribution in [0.5, 0.6) is 0 Å². The van der Waals surface area contributed by atoms with Gasteiger partial charge in [-0.25, -0.2) is 4.98 Å². The zero-order valence-electron chi connectivity index (χ0n) is 8.39. The monoisotopic (exact) mass is 212 g/mol. The minimum Gasteiger partial charge on any atom is -0.392 e. The van der Waals surface area contributed by atoms with Gasteiger partial charge in [0, 0.05) is 18.1 Å². The van der Waals surface area contributed by atoms with E-state index in [1.807, 2.05) is 11.6 Å². The summed E-state index contributed by atoms with van der Waals surface area (Å²) in [5.74, 6) is 0. The lowest BCUT2D eigenvalue weighted by molar-refractivity contribution is 0.0503. The summed E-state index contributed by atoms with van der Waals surface area (Å²) < 4.78 is 0. The van der Waals surface area contributed by atoms with Crippen molar-refractivity contribution in [1.29, 1.82) is 0 Å². The highest BCUT2D eigenvalue weighted by Crippen LogP contribution is 2.25. The quantitative estimate of drug-likeness (QED) is 0.810. The van der Waals surface area contributed by atoms with Crippen LogP contribution in [0.3, 0.4) is 0 Å². The molecule has 2 rings (SSSR count). The minimum atomic E-state index is -0.147. The zero-order valence-corrected chi connectivity index (χ0v) is 9.20. The standard InChI is InChI=1S/C10H16N2OS/c1-8(10-11-4-6-14-10)12-5-2-3-9(13)7-12/h4,6,8-9,13H,2-3,5,7H2,1H3. The summed E-state index contributed by atoms with van der Waals surface area (Å²) in [5, 5.41) is 12.7. The Bertz CT molecular complexity index is 276. The number of piperidine rings is 1. The van der Waals surface area contributed by atoms with E-state index in [0.717, 1.165) is 30.9 Å². The van der Waals surface area contributed by atoms with E-state index >= 15 is 0 Å². The van der Waals surface area contributed by atoms with E-state index in [9.17, 15) is 5.11 Å². The van der Waals surface area contributed by atoms with Crippen molar-refractivity contribution in [2.45, 2.75) is 31.9 Å². The van der Waals surface area contributed by atoms with Gasteiger partial charge in [-0.3, -0.25) is 4.90 Å². The van der Waals surface area contributed by atoms with Gasteiger partial charge in [-0.2, -0.15) is 0 Å². The molecule has 1 aromatic heterocycles. The first kappa shape index (κ1) is 10.1. The first-order valence-electron chi connectivity index (χ1n) is 5.09. The topological polar surface area (TPSA) is 36.4 Å². The summed E-state index contributed by atoms with van der Waals surface area (Å²) in [7, 11) is 0. The Kier molecular flexibility index (Phi) is 3.15. The Morgan fingerprint density at radius 1 is 1.71 bits per heavy atom. The highest BCUT2D eigenvalue weighted by atomic mass is 32.1. The number of thiazole rings is 1. The Morgan fingerprint density at radius 3 is 3.21 bits per heavy atom. The molecule has 4 heteroatoms. The van der Waals surface area contributed by atoms with Crippen LogP contribution in [-0.4, -0.2) is 34.2 Å². The van der Waals surface area contributed by atoms with Gasteiger partial charge in [0.1, 0.15) is 5.01 Å². The van der Waals surface area contributed by atoms with Crippen molar-refractivity contribution >= 4 is 11.3 Å². The zero-order chi connectivity index (χ0) is 9.97. The molecule has 0 radical (unpaired) electrons. The highest BCUT2D eigenvalue weighted by Gasteiger charge is 2.23.